The molecule has 30 heavy (non-hydrogen) atoms. The summed E-state index contributed by atoms with van der Waals surface area (Å²) in [7, 11) is 1.70. The van der Waals surface area contributed by atoms with Crippen LogP contribution < -0.4 is 0 Å². The second-order valence-electron chi connectivity index (χ2n) is 10.6. The summed E-state index contributed by atoms with van der Waals surface area (Å²) in [4.78, 5) is 0. The van der Waals surface area contributed by atoms with E-state index in [0.717, 1.165) is 19.3 Å². The van der Waals surface area contributed by atoms with Crippen molar-refractivity contribution in [1.29, 1.82) is 0 Å². The lowest BCUT2D eigenvalue weighted by atomic mass is 9.87. The summed E-state index contributed by atoms with van der Waals surface area (Å²) in [5.41, 5.74) is 0. The van der Waals surface area contributed by atoms with E-state index in [0.29, 0.717) is 5.92 Å². The Morgan fingerprint density at radius 1 is 0.933 bits per heavy atom. The number of rotatable bonds is 14. The second-order valence-corrected chi connectivity index (χ2v) is 15.4. The molecule has 7 atom stereocenters. The van der Waals surface area contributed by atoms with E-state index in [1.807, 2.05) is 6.08 Å². The zero-order valence-corrected chi connectivity index (χ0v) is 23.0. The summed E-state index contributed by atoms with van der Waals surface area (Å²) in [6.07, 6.45) is 6.67. The van der Waals surface area contributed by atoms with E-state index in [9.17, 15) is 5.11 Å². The van der Waals surface area contributed by atoms with Crippen LogP contribution in [0.15, 0.2) is 12.2 Å². The topological polar surface area (TPSA) is 47.9 Å². The molecule has 0 fully saturated rings. The molecule has 0 aromatic heterocycles. The molecule has 0 aromatic rings. The van der Waals surface area contributed by atoms with Gasteiger partial charge < -0.3 is 19.0 Å². The third-order valence-corrected chi connectivity index (χ3v) is 11.8. The third kappa shape index (κ3) is 9.11. The van der Waals surface area contributed by atoms with Gasteiger partial charge in [-0.15, -0.1) is 0 Å². The van der Waals surface area contributed by atoms with Gasteiger partial charge in [-0.3, -0.25) is 0 Å². The average molecular weight is 445 g/mol. The van der Waals surface area contributed by atoms with E-state index in [1.165, 1.54) is 0 Å². The smallest absolute Gasteiger partial charge is 0.192 e. The Balaban J connectivity index is 5.09. The molecule has 0 unspecified atom stereocenters. The van der Waals surface area contributed by atoms with Gasteiger partial charge in [0.05, 0.1) is 18.3 Å². The molecule has 180 valence electrons. The van der Waals surface area contributed by atoms with E-state index in [4.69, 9.17) is 13.9 Å². The van der Waals surface area contributed by atoms with Crippen LogP contribution >= 0.6 is 0 Å². The summed E-state index contributed by atoms with van der Waals surface area (Å²) in [6.45, 7) is 22.2. The van der Waals surface area contributed by atoms with Crippen LogP contribution in [-0.2, 0) is 13.9 Å². The maximum absolute atomic E-state index is 10.7. The minimum atomic E-state index is -1.81. The van der Waals surface area contributed by atoms with Crippen LogP contribution in [0.3, 0.4) is 0 Å². The third-order valence-electron chi connectivity index (χ3n) is 7.25. The molecule has 0 heterocycles. The normalized spacial score (nSPS) is 20.6. The zero-order valence-electron chi connectivity index (χ0n) is 22.0. The first-order valence-electron chi connectivity index (χ1n) is 11.8. The van der Waals surface area contributed by atoms with Crippen molar-refractivity contribution in [2.75, 3.05) is 14.2 Å². The van der Waals surface area contributed by atoms with E-state index in [-0.39, 0.29) is 35.2 Å². The lowest BCUT2D eigenvalue weighted by molar-refractivity contribution is -0.0213. The van der Waals surface area contributed by atoms with Crippen molar-refractivity contribution in [3.63, 3.8) is 0 Å². The van der Waals surface area contributed by atoms with Crippen molar-refractivity contribution in [1.82, 2.24) is 0 Å². The molecular weight excluding hydrogens is 392 g/mol. The van der Waals surface area contributed by atoms with Gasteiger partial charge in [0.1, 0.15) is 0 Å². The number of aliphatic hydroxyl groups is 1. The highest BCUT2D eigenvalue weighted by Gasteiger charge is 2.39. The molecule has 0 amide bonds. The van der Waals surface area contributed by atoms with Gasteiger partial charge in [0.15, 0.2) is 8.32 Å². The molecule has 0 aliphatic carbocycles. The highest BCUT2D eigenvalue weighted by Crippen LogP contribution is 2.38. The molecular formula is C25H52O4Si. The van der Waals surface area contributed by atoms with E-state index >= 15 is 0 Å². The molecule has 1 N–H and O–H groups in total. The van der Waals surface area contributed by atoms with Gasteiger partial charge in [0, 0.05) is 32.2 Å². The lowest BCUT2D eigenvalue weighted by Gasteiger charge is -2.40. The molecule has 5 heteroatoms. The zero-order chi connectivity index (χ0) is 23.7. The van der Waals surface area contributed by atoms with E-state index in [1.54, 1.807) is 14.2 Å². The monoisotopic (exact) mass is 444 g/mol. The lowest BCUT2D eigenvalue weighted by Crippen LogP contribution is -2.45. The molecule has 0 saturated heterocycles. The summed E-state index contributed by atoms with van der Waals surface area (Å²) in [5, 5.41) is 10.9. The maximum atomic E-state index is 10.7. The molecule has 4 nitrogen and oxygen atoms in total. The Morgan fingerprint density at radius 2 is 1.50 bits per heavy atom. The first-order chi connectivity index (χ1) is 13.7. The molecule has 0 bridgehead atoms. The van der Waals surface area contributed by atoms with Gasteiger partial charge in [-0.2, -0.15) is 0 Å². The minimum Gasteiger partial charge on any atom is -0.414 e. The Kier molecular flexibility index (Phi) is 13.3. The van der Waals surface area contributed by atoms with E-state index < -0.39 is 14.4 Å². The molecule has 0 aromatic carbocycles. The Hall–Kier alpha value is -0.203. The van der Waals surface area contributed by atoms with Gasteiger partial charge in [0.2, 0.25) is 0 Å². The highest BCUT2D eigenvalue weighted by atomic mass is 28.4. The van der Waals surface area contributed by atoms with Crippen LogP contribution in [-0.4, -0.2) is 52.1 Å². The quantitative estimate of drug-likeness (QED) is 0.247. The number of hydrogen-bond donors (Lipinski definition) is 1. The summed E-state index contributed by atoms with van der Waals surface area (Å²) in [6, 6.07) is 0. The standard InChI is InChI=1S/C25H52O4Si/c1-13-18(3)24(28-10)20(5)22(26)16-15-19(4)23(27-9)17-21(14-2)29-30(11,12)25(6,7)8/h15-16,18-24,26H,13-14,17H2,1-12H3/b16-15+/t18-,19+,20+,21-,22+,23+,24-/m1/s1. The molecule has 0 aliphatic rings. The number of hydrogen-bond acceptors (Lipinski definition) is 4. The Labute approximate surface area is 188 Å². The molecule has 0 rings (SSSR count). The molecule has 0 saturated carbocycles. The van der Waals surface area contributed by atoms with E-state index in [2.05, 4.69) is 74.6 Å². The minimum absolute atomic E-state index is 0.0414. The van der Waals surface area contributed by atoms with Crippen LogP contribution in [0.1, 0.15) is 74.7 Å². The van der Waals surface area contributed by atoms with Crippen LogP contribution in [0.25, 0.3) is 0 Å². The summed E-state index contributed by atoms with van der Waals surface area (Å²) >= 11 is 0. The fourth-order valence-electron chi connectivity index (χ4n) is 3.66. The number of ether oxygens (including phenoxy) is 2. The fraction of sp³-hybridized carbons (Fsp3) is 0.920. The van der Waals surface area contributed by atoms with Gasteiger partial charge in [0.25, 0.3) is 0 Å². The second kappa shape index (κ2) is 13.4. The average Bonchev–Trinajstić information content (AvgIpc) is 2.67. The van der Waals surface area contributed by atoms with Crippen molar-refractivity contribution in [2.45, 2.75) is 117 Å². The molecule has 0 spiro atoms. The van der Waals surface area contributed by atoms with Gasteiger partial charge in [-0.05, 0) is 36.9 Å². The van der Waals surface area contributed by atoms with Crippen LogP contribution in [0.4, 0.5) is 0 Å². The van der Waals surface area contributed by atoms with Crippen molar-refractivity contribution >= 4 is 8.32 Å². The fourth-order valence-corrected chi connectivity index (χ4v) is 5.11. The predicted octanol–water partition coefficient (Wildman–Crippen LogP) is 6.44. The van der Waals surface area contributed by atoms with Crippen LogP contribution in [0.2, 0.25) is 18.1 Å². The highest BCUT2D eigenvalue weighted by molar-refractivity contribution is 6.74. The van der Waals surface area contributed by atoms with Crippen molar-refractivity contribution in [3.05, 3.63) is 12.2 Å². The Morgan fingerprint density at radius 3 is 1.90 bits per heavy atom. The van der Waals surface area contributed by atoms with Gasteiger partial charge in [-0.25, -0.2) is 0 Å². The summed E-state index contributed by atoms with van der Waals surface area (Å²) < 4.78 is 18.2. The predicted molar refractivity (Wildman–Crippen MR) is 132 cm³/mol. The van der Waals surface area contributed by atoms with Crippen molar-refractivity contribution in [3.8, 4) is 0 Å². The van der Waals surface area contributed by atoms with Gasteiger partial charge >= 0.3 is 0 Å². The van der Waals surface area contributed by atoms with Crippen LogP contribution in [0, 0.1) is 17.8 Å². The SMILES string of the molecule is CC[C@H](C[C@H](OC)[C@@H](C)/C=C/[C@H](O)[C@H](C)[C@H](OC)[C@H](C)CC)O[Si](C)(C)C(C)(C)C. The summed E-state index contributed by atoms with van der Waals surface area (Å²) in [5.74, 6) is 0.646. The van der Waals surface area contributed by atoms with Crippen molar-refractivity contribution < 1.29 is 19.0 Å². The first kappa shape index (κ1) is 29.8. The van der Waals surface area contributed by atoms with Crippen LogP contribution in [0.5, 0.6) is 0 Å². The maximum Gasteiger partial charge on any atom is 0.192 e. The number of methoxy groups -OCH3 is 2. The van der Waals surface area contributed by atoms with Crippen molar-refractivity contribution in [2.24, 2.45) is 17.8 Å². The molecule has 0 aliphatic heterocycles. The molecule has 0 radical (unpaired) electrons. The largest absolute Gasteiger partial charge is 0.414 e. The Bertz CT molecular complexity index is 486. The van der Waals surface area contributed by atoms with Gasteiger partial charge in [-0.1, -0.05) is 74.0 Å². The number of aliphatic hydroxyl groups excluding tert-OH is 1. The first-order valence-corrected chi connectivity index (χ1v) is 14.8.